The first-order valence-electron chi connectivity index (χ1n) is 8.70. The van der Waals surface area contributed by atoms with E-state index < -0.39 is 29.4 Å². The zero-order valence-corrected chi connectivity index (χ0v) is 15.9. The number of nitrogens with one attached hydrogen (secondary N) is 1. The normalized spacial score (nSPS) is 20.4. The molecule has 6 nitrogen and oxygen atoms in total. The van der Waals surface area contributed by atoms with Crippen LogP contribution in [0.1, 0.15) is 18.1 Å². The van der Waals surface area contributed by atoms with Crippen LogP contribution in [0.4, 0.5) is 9.18 Å². The second-order valence-electron chi connectivity index (χ2n) is 6.74. The fourth-order valence-corrected chi connectivity index (χ4v) is 3.15. The highest BCUT2D eigenvalue weighted by molar-refractivity contribution is 6.30. The van der Waals surface area contributed by atoms with Crippen LogP contribution in [-0.4, -0.2) is 41.2 Å². The average molecular weight is 407 g/mol. The van der Waals surface area contributed by atoms with Gasteiger partial charge in [0.25, 0.3) is 5.91 Å². The van der Waals surface area contributed by atoms with Gasteiger partial charge in [-0.15, -0.1) is 0 Å². The predicted octanol–water partition coefficient (Wildman–Crippen LogP) is 2.82. The molecule has 2 aromatic carbocycles. The summed E-state index contributed by atoms with van der Waals surface area (Å²) in [7, 11) is 0. The van der Waals surface area contributed by atoms with E-state index >= 15 is 0 Å². The van der Waals surface area contributed by atoms with Gasteiger partial charge in [-0.05, 0) is 30.7 Å². The standard InChI is InChI=1S/C20H20ClFN2O4/c1-20(14-6-8-15(21)9-7-14)18(26)24(19(27)23-20)10-16(25)12-28-11-13-4-2-3-5-17(13)22/h2-9,16,25H,10-12H2,1H3,(H,23,27)/t16-,20+/m0/s1. The third-order valence-electron chi connectivity index (χ3n) is 4.62. The fourth-order valence-electron chi connectivity index (χ4n) is 3.03. The zero-order valence-electron chi connectivity index (χ0n) is 15.2. The van der Waals surface area contributed by atoms with Crippen molar-refractivity contribution in [3.63, 3.8) is 0 Å². The summed E-state index contributed by atoms with van der Waals surface area (Å²) in [6.07, 6.45) is -1.10. The number of imide groups is 1. The molecule has 1 saturated heterocycles. The summed E-state index contributed by atoms with van der Waals surface area (Å²) in [5.41, 5.74) is -0.293. The molecular weight excluding hydrogens is 387 g/mol. The van der Waals surface area contributed by atoms with Gasteiger partial charge >= 0.3 is 6.03 Å². The minimum atomic E-state index is -1.24. The molecule has 0 radical (unpaired) electrons. The molecule has 8 heteroatoms. The van der Waals surface area contributed by atoms with Gasteiger partial charge in [-0.1, -0.05) is 41.9 Å². The lowest BCUT2D eigenvalue weighted by molar-refractivity contribution is -0.132. The van der Waals surface area contributed by atoms with E-state index in [1.807, 2.05) is 0 Å². The lowest BCUT2D eigenvalue weighted by Crippen LogP contribution is -2.42. The predicted molar refractivity (Wildman–Crippen MR) is 101 cm³/mol. The van der Waals surface area contributed by atoms with Gasteiger partial charge in [0.2, 0.25) is 0 Å². The maximum atomic E-state index is 13.6. The first-order chi connectivity index (χ1) is 13.3. The lowest BCUT2D eigenvalue weighted by Gasteiger charge is -2.23. The molecule has 0 aliphatic carbocycles. The Kier molecular flexibility index (Phi) is 5.98. The lowest BCUT2D eigenvalue weighted by atomic mass is 9.92. The van der Waals surface area contributed by atoms with Crippen LogP contribution in [-0.2, 0) is 21.7 Å². The van der Waals surface area contributed by atoms with Crippen molar-refractivity contribution >= 4 is 23.5 Å². The third kappa shape index (κ3) is 4.16. The minimum Gasteiger partial charge on any atom is -0.389 e. The van der Waals surface area contributed by atoms with E-state index in [1.165, 1.54) is 6.07 Å². The molecule has 2 N–H and O–H groups in total. The summed E-state index contributed by atoms with van der Waals surface area (Å²) in [6.45, 7) is 1.19. The largest absolute Gasteiger partial charge is 0.389 e. The van der Waals surface area contributed by atoms with Crippen LogP contribution >= 0.6 is 11.6 Å². The first-order valence-corrected chi connectivity index (χ1v) is 9.08. The van der Waals surface area contributed by atoms with Crippen LogP contribution in [0.25, 0.3) is 0 Å². The Bertz CT molecular complexity index is 877. The van der Waals surface area contributed by atoms with Crippen LogP contribution in [0, 0.1) is 5.82 Å². The maximum Gasteiger partial charge on any atom is 0.325 e. The van der Waals surface area contributed by atoms with Gasteiger partial charge in [-0.3, -0.25) is 9.69 Å². The molecule has 3 amide bonds. The number of hydrogen-bond donors (Lipinski definition) is 2. The molecule has 148 valence electrons. The van der Waals surface area contributed by atoms with Crippen LogP contribution < -0.4 is 5.32 Å². The van der Waals surface area contributed by atoms with E-state index in [2.05, 4.69) is 5.32 Å². The molecule has 1 aliphatic rings. The Morgan fingerprint density at radius 1 is 1.21 bits per heavy atom. The zero-order chi connectivity index (χ0) is 20.3. The van der Waals surface area contributed by atoms with E-state index in [4.69, 9.17) is 16.3 Å². The van der Waals surface area contributed by atoms with Crippen LogP contribution in [0.3, 0.4) is 0 Å². The van der Waals surface area contributed by atoms with Gasteiger partial charge in [-0.25, -0.2) is 9.18 Å². The highest BCUT2D eigenvalue weighted by Crippen LogP contribution is 2.29. The summed E-state index contributed by atoms with van der Waals surface area (Å²) in [5, 5.41) is 13.3. The number of benzene rings is 2. The smallest absolute Gasteiger partial charge is 0.325 e. The molecule has 1 aliphatic heterocycles. The van der Waals surface area contributed by atoms with Crippen molar-refractivity contribution in [1.29, 1.82) is 0 Å². The van der Waals surface area contributed by atoms with Crippen molar-refractivity contribution in [2.75, 3.05) is 13.2 Å². The quantitative estimate of drug-likeness (QED) is 0.693. The number of β-amino-alcohol motifs (C(OH)–C–C–N with tert-alkyl or cyclic N) is 1. The minimum absolute atomic E-state index is 0.0215. The molecule has 0 aromatic heterocycles. The molecule has 0 spiro atoms. The van der Waals surface area contributed by atoms with Gasteiger partial charge in [0.15, 0.2) is 0 Å². The van der Waals surface area contributed by atoms with Gasteiger partial charge in [0, 0.05) is 10.6 Å². The van der Waals surface area contributed by atoms with Gasteiger partial charge < -0.3 is 15.2 Å². The van der Waals surface area contributed by atoms with Gasteiger partial charge in [-0.2, -0.15) is 0 Å². The number of urea groups is 1. The summed E-state index contributed by atoms with van der Waals surface area (Å²) in [6, 6.07) is 12.2. The fraction of sp³-hybridized carbons (Fsp3) is 0.300. The van der Waals surface area contributed by atoms with E-state index in [0.717, 1.165) is 4.90 Å². The van der Waals surface area contributed by atoms with E-state index in [1.54, 1.807) is 49.4 Å². The Balaban J connectivity index is 1.59. The Morgan fingerprint density at radius 2 is 1.89 bits per heavy atom. The van der Waals surface area contributed by atoms with Crippen molar-refractivity contribution in [2.45, 2.75) is 25.2 Å². The van der Waals surface area contributed by atoms with Crippen LogP contribution in [0.5, 0.6) is 0 Å². The number of hydrogen-bond acceptors (Lipinski definition) is 4. The maximum absolute atomic E-state index is 13.6. The van der Waals surface area contributed by atoms with Crippen LogP contribution in [0.15, 0.2) is 48.5 Å². The van der Waals surface area contributed by atoms with E-state index in [9.17, 15) is 19.1 Å². The highest BCUT2D eigenvalue weighted by Gasteiger charge is 2.49. The summed E-state index contributed by atoms with van der Waals surface area (Å²) >= 11 is 5.88. The number of ether oxygens (including phenoxy) is 1. The number of rotatable bonds is 7. The molecule has 28 heavy (non-hydrogen) atoms. The van der Waals surface area contributed by atoms with Crippen molar-refractivity contribution in [2.24, 2.45) is 0 Å². The molecule has 2 atom stereocenters. The Morgan fingerprint density at radius 3 is 2.57 bits per heavy atom. The number of carbonyl (C=O) groups excluding carboxylic acids is 2. The Hall–Kier alpha value is -2.48. The molecule has 3 rings (SSSR count). The summed E-state index contributed by atoms with van der Waals surface area (Å²) < 4.78 is 18.9. The number of halogens is 2. The van der Waals surface area contributed by atoms with Gasteiger partial charge in [0.1, 0.15) is 11.4 Å². The second kappa shape index (κ2) is 8.26. The van der Waals surface area contributed by atoms with Crippen molar-refractivity contribution in [3.8, 4) is 0 Å². The molecular formula is C20H20ClFN2O4. The molecule has 2 aromatic rings. The molecule has 0 unspecified atom stereocenters. The van der Waals surface area contributed by atoms with Crippen molar-refractivity contribution in [3.05, 3.63) is 70.5 Å². The SMILES string of the molecule is C[C@]1(c2ccc(Cl)cc2)NC(=O)N(C[C@H](O)COCc2ccccc2F)C1=O. The highest BCUT2D eigenvalue weighted by atomic mass is 35.5. The molecule has 1 fully saturated rings. The topological polar surface area (TPSA) is 78.9 Å². The monoisotopic (exact) mass is 406 g/mol. The van der Waals surface area contributed by atoms with E-state index in [0.29, 0.717) is 16.1 Å². The first kappa shape index (κ1) is 20.3. The number of amides is 3. The number of nitrogens with zero attached hydrogens (tertiary/aromatic N) is 1. The molecule has 0 saturated carbocycles. The Labute approximate surface area is 166 Å². The summed E-state index contributed by atoms with van der Waals surface area (Å²) in [4.78, 5) is 26.0. The molecule has 0 bridgehead atoms. The molecule has 1 heterocycles. The summed E-state index contributed by atoms with van der Waals surface area (Å²) in [5.74, 6) is -0.877. The van der Waals surface area contributed by atoms with E-state index in [-0.39, 0.29) is 19.8 Å². The third-order valence-corrected chi connectivity index (χ3v) is 4.87. The number of aliphatic hydroxyl groups excluding tert-OH is 1. The number of aliphatic hydroxyl groups is 1. The second-order valence-corrected chi connectivity index (χ2v) is 7.17. The van der Waals surface area contributed by atoms with Crippen molar-refractivity contribution < 1.29 is 23.8 Å². The van der Waals surface area contributed by atoms with Crippen molar-refractivity contribution in [1.82, 2.24) is 10.2 Å². The number of carbonyl (C=O) groups is 2. The van der Waals surface area contributed by atoms with Crippen LogP contribution in [0.2, 0.25) is 5.02 Å². The average Bonchev–Trinajstić information content (AvgIpc) is 2.88. The van der Waals surface area contributed by atoms with Gasteiger partial charge in [0.05, 0.1) is 25.9 Å².